The molecule has 0 aliphatic carbocycles. The van der Waals surface area contributed by atoms with Gasteiger partial charge >= 0.3 is 6.10 Å². The smallest absolute Gasteiger partial charge is 0.367 e. The number of aromatic nitrogens is 4. The van der Waals surface area contributed by atoms with Crippen LogP contribution < -0.4 is 26.5 Å². The van der Waals surface area contributed by atoms with Gasteiger partial charge in [0, 0.05) is 62.9 Å². The molecule has 2 aliphatic rings. The summed E-state index contributed by atoms with van der Waals surface area (Å²) in [6.45, 7) is 7.54. The van der Waals surface area contributed by atoms with Crippen LogP contribution in [0.25, 0.3) is 17.0 Å². The fraction of sp³-hybridized carbons (Fsp3) is 0.389. The number of carbonyl (C=O) groups is 1. The lowest BCUT2D eigenvalue weighted by molar-refractivity contribution is -0.452. The number of hydrazine groups is 2. The van der Waals surface area contributed by atoms with Crippen LogP contribution in [0.2, 0.25) is 0 Å². The molecule has 52 heavy (non-hydrogen) atoms. The highest BCUT2D eigenvalue weighted by molar-refractivity contribution is 5.74. The molecule has 0 spiro atoms. The van der Waals surface area contributed by atoms with Gasteiger partial charge in [0.1, 0.15) is 13.1 Å². The van der Waals surface area contributed by atoms with Crippen LogP contribution in [0.4, 0.5) is 11.4 Å². The lowest BCUT2D eigenvalue weighted by atomic mass is 9.99. The van der Waals surface area contributed by atoms with E-state index in [9.17, 15) is 15.0 Å². The Morgan fingerprint density at radius 1 is 1.12 bits per heavy atom. The van der Waals surface area contributed by atoms with Crippen molar-refractivity contribution in [1.82, 2.24) is 40.7 Å². The van der Waals surface area contributed by atoms with Crippen LogP contribution in [0, 0.1) is 0 Å². The van der Waals surface area contributed by atoms with Crippen molar-refractivity contribution in [3.63, 3.8) is 0 Å². The number of pyridine rings is 1. The SMILES string of the molecule is CC(C)Oc1cc(C2NNc3ccc(NC=O)cc32)ccn1.CCCN(COC)C(O)(O)ONN1CC=C(c2ccc(-c3ncn(C)n3)cc2)CC1. The number of ether oxygens (including phenoxy) is 2. The Balaban J connectivity index is 0.000000210. The first kappa shape index (κ1) is 38.5. The molecule has 4 heterocycles. The standard InChI is InChI=1S/C20H30N6O4.C16H18N4O2/c1-4-11-25(15-29-3)20(27,28)30-23-26-12-9-17(10-13-26)16-5-7-18(8-6-16)19-21-14-24(2)22-19;1-10(2)22-15-7-11(5-6-17-15)16-13-8-12(18-9-21)3-4-14(13)19-20-16/h5-9,14,23,27-28H,4,10-13,15H2,1-3H3;3-10,16,19-20H,1-2H3,(H,18,21). The molecule has 1 amide bonds. The molecule has 278 valence electrons. The molecule has 0 saturated heterocycles. The topological polar surface area (TPSA) is 183 Å². The quantitative estimate of drug-likeness (QED) is 0.0598. The fourth-order valence-corrected chi connectivity index (χ4v) is 5.70. The molecule has 1 atom stereocenters. The van der Waals surface area contributed by atoms with Gasteiger partial charge in [0.25, 0.3) is 0 Å². The van der Waals surface area contributed by atoms with Gasteiger partial charge in [-0.25, -0.2) is 30.1 Å². The van der Waals surface area contributed by atoms with Gasteiger partial charge in [-0.05, 0) is 67.7 Å². The monoisotopic (exact) mass is 716 g/mol. The average Bonchev–Trinajstić information content (AvgIpc) is 3.77. The van der Waals surface area contributed by atoms with Gasteiger partial charge in [0.15, 0.2) is 5.82 Å². The van der Waals surface area contributed by atoms with Crippen LogP contribution in [-0.2, 0) is 21.4 Å². The van der Waals surface area contributed by atoms with Crippen LogP contribution in [0.1, 0.15) is 56.3 Å². The van der Waals surface area contributed by atoms with Crippen molar-refractivity contribution >= 4 is 23.4 Å². The van der Waals surface area contributed by atoms with E-state index in [1.165, 1.54) is 17.6 Å². The van der Waals surface area contributed by atoms with Crippen molar-refractivity contribution in [3.8, 4) is 17.3 Å². The minimum absolute atomic E-state index is 0.0269. The molecule has 0 radical (unpaired) electrons. The van der Waals surface area contributed by atoms with Crippen LogP contribution in [0.5, 0.6) is 5.88 Å². The highest BCUT2D eigenvalue weighted by Gasteiger charge is 2.34. The molecule has 0 fully saturated rings. The number of aryl methyl sites for hydroxylation is 1. The van der Waals surface area contributed by atoms with Gasteiger partial charge in [-0.1, -0.05) is 37.3 Å². The second kappa shape index (κ2) is 18.1. The summed E-state index contributed by atoms with van der Waals surface area (Å²) >= 11 is 0. The van der Waals surface area contributed by atoms with E-state index >= 15 is 0 Å². The summed E-state index contributed by atoms with van der Waals surface area (Å²) in [6, 6.07) is 17.7. The Kier molecular flexibility index (Phi) is 13.4. The number of aliphatic hydroxyl groups is 2. The molecule has 16 heteroatoms. The molecule has 6 N–H and O–H groups in total. The van der Waals surface area contributed by atoms with Crippen molar-refractivity contribution in [3.05, 3.63) is 89.9 Å². The van der Waals surface area contributed by atoms with Crippen LogP contribution >= 0.6 is 0 Å². The number of nitrogens with one attached hydrogen (secondary N) is 4. The summed E-state index contributed by atoms with van der Waals surface area (Å²) < 4.78 is 12.3. The Labute approximate surface area is 303 Å². The largest absolute Gasteiger partial charge is 0.475 e. The average molecular weight is 717 g/mol. The molecule has 0 bridgehead atoms. The zero-order valence-corrected chi connectivity index (χ0v) is 30.1. The maximum Gasteiger partial charge on any atom is 0.367 e. The van der Waals surface area contributed by atoms with Gasteiger partial charge in [-0.2, -0.15) is 5.10 Å². The van der Waals surface area contributed by atoms with Crippen molar-refractivity contribution in [1.29, 1.82) is 0 Å². The lowest BCUT2D eigenvalue weighted by Crippen LogP contribution is -2.57. The Hall–Kier alpha value is -4.78. The number of nitrogens with zero attached hydrogens (tertiary/aromatic N) is 6. The predicted molar refractivity (Wildman–Crippen MR) is 196 cm³/mol. The number of rotatable bonds is 15. The van der Waals surface area contributed by atoms with E-state index in [-0.39, 0.29) is 18.9 Å². The van der Waals surface area contributed by atoms with Crippen molar-refractivity contribution in [2.75, 3.05) is 44.2 Å². The number of anilines is 2. The highest BCUT2D eigenvalue weighted by atomic mass is 16.9. The van der Waals surface area contributed by atoms with Crippen LogP contribution in [0.3, 0.4) is 0 Å². The summed E-state index contributed by atoms with van der Waals surface area (Å²) in [5, 5.41) is 29.1. The summed E-state index contributed by atoms with van der Waals surface area (Å²) in [5.74, 6) is 1.31. The van der Waals surface area contributed by atoms with Gasteiger partial charge in [0.05, 0.1) is 17.8 Å². The van der Waals surface area contributed by atoms with Gasteiger partial charge in [-0.15, -0.1) is 5.59 Å². The van der Waals surface area contributed by atoms with E-state index in [0.29, 0.717) is 37.7 Å². The molecule has 16 nitrogen and oxygen atoms in total. The molecule has 2 aliphatic heterocycles. The number of hydrogen-bond acceptors (Lipinski definition) is 14. The first-order valence-corrected chi connectivity index (χ1v) is 17.1. The summed E-state index contributed by atoms with van der Waals surface area (Å²) in [7, 11) is 3.33. The highest BCUT2D eigenvalue weighted by Crippen LogP contribution is 2.35. The summed E-state index contributed by atoms with van der Waals surface area (Å²) in [6.07, 6.45) is 5.30. The minimum atomic E-state index is -2.47. The number of hydrogen-bond donors (Lipinski definition) is 6. The zero-order valence-electron chi connectivity index (χ0n) is 30.1. The molecule has 0 saturated carbocycles. The zero-order chi connectivity index (χ0) is 37.1. The number of benzene rings is 2. The Bertz CT molecular complexity index is 1780. The van der Waals surface area contributed by atoms with Crippen molar-refractivity contribution in [2.24, 2.45) is 7.05 Å². The van der Waals surface area contributed by atoms with Crippen LogP contribution in [-0.4, -0.2) is 92.0 Å². The normalized spacial score (nSPS) is 15.8. The van der Waals surface area contributed by atoms with Crippen molar-refractivity contribution in [2.45, 2.75) is 51.9 Å². The first-order chi connectivity index (χ1) is 25.1. The van der Waals surface area contributed by atoms with Gasteiger partial charge < -0.3 is 30.4 Å². The third kappa shape index (κ3) is 10.2. The van der Waals surface area contributed by atoms with Crippen LogP contribution in [0.15, 0.2) is 73.2 Å². The van der Waals surface area contributed by atoms with E-state index in [1.54, 1.807) is 22.2 Å². The summed E-state index contributed by atoms with van der Waals surface area (Å²) in [4.78, 5) is 25.5. The summed E-state index contributed by atoms with van der Waals surface area (Å²) in [5.41, 5.74) is 16.2. The second-order valence-electron chi connectivity index (χ2n) is 12.6. The number of fused-ring (bicyclic) bond motifs is 1. The Morgan fingerprint density at radius 2 is 1.90 bits per heavy atom. The molecule has 2 aromatic carbocycles. The third-order valence-corrected chi connectivity index (χ3v) is 8.21. The minimum Gasteiger partial charge on any atom is -0.475 e. The first-order valence-electron chi connectivity index (χ1n) is 17.1. The van der Waals surface area contributed by atoms with E-state index in [2.05, 4.69) is 55.0 Å². The number of amides is 1. The molecule has 4 aromatic rings. The number of methoxy groups -OCH3 is 1. The van der Waals surface area contributed by atoms with Crippen molar-refractivity contribution < 1.29 is 29.3 Å². The van der Waals surface area contributed by atoms with E-state index < -0.39 is 6.10 Å². The maximum atomic E-state index is 10.6. The van der Waals surface area contributed by atoms with Gasteiger partial charge in [-0.3, -0.25) is 9.48 Å². The molecular weight excluding hydrogens is 668 g/mol. The van der Waals surface area contributed by atoms with Gasteiger partial charge in [0.2, 0.25) is 12.3 Å². The fourth-order valence-electron chi connectivity index (χ4n) is 5.70. The number of carbonyl (C=O) groups excluding carboxylic acids is 1. The lowest BCUT2D eigenvalue weighted by Gasteiger charge is -2.35. The predicted octanol–water partition coefficient (Wildman–Crippen LogP) is 3.38. The maximum absolute atomic E-state index is 10.6. The van der Waals surface area contributed by atoms with E-state index in [1.807, 2.05) is 70.3 Å². The van der Waals surface area contributed by atoms with E-state index in [4.69, 9.17) is 14.3 Å². The Morgan fingerprint density at radius 3 is 2.56 bits per heavy atom. The van der Waals surface area contributed by atoms with E-state index in [0.717, 1.165) is 46.5 Å². The molecule has 1 unspecified atom stereocenters. The molecule has 6 rings (SSSR count). The molecular formula is C36H48N10O6. The third-order valence-electron chi connectivity index (χ3n) is 8.21. The molecule has 2 aromatic heterocycles. The second-order valence-corrected chi connectivity index (χ2v) is 12.6.